The molecular weight excluding hydrogens is 234 g/mol. The second-order valence-electron chi connectivity index (χ2n) is 6.34. The Bertz CT molecular complexity index is 302. The molecule has 0 bridgehead atoms. The first kappa shape index (κ1) is 16.9. The Balaban J connectivity index is 4.64. The van der Waals surface area contributed by atoms with Crippen molar-refractivity contribution in [3.63, 3.8) is 0 Å². The van der Waals surface area contributed by atoms with Crippen LogP contribution in [0.5, 0.6) is 0 Å². The molecule has 0 saturated heterocycles. The van der Waals surface area contributed by atoms with Crippen LogP contribution in [-0.4, -0.2) is 32.5 Å². The number of sulfone groups is 1. The first-order chi connectivity index (χ1) is 7.58. The summed E-state index contributed by atoms with van der Waals surface area (Å²) >= 11 is 0. The Morgan fingerprint density at radius 2 is 1.65 bits per heavy atom. The van der Waals surface area contributed by atoms with Gasteiger partial charge in [0.05, 0.1) is 11.5 Å². The summed E-state index contributed by atoms with van der Waals surface area (Å²) in [6, 6.07) is 0.0335. The lowest BCUT2D eigenvalue weighted by Gasteiger charge is -2.31. The minimum atomic E-state index is -2.96. The Morgan fingerprint density at radius 3 is 2.00 bits per heavy atom. The van der Waals surface area contributed by atoms with E-state index in [4.69, 9.17) is 0 Å². The van der Waals surface area contributed by atoms with Crippen LogP contribution < -0.4 is 5.32 Å². The summed E-state index contributed by atoms with van der Waals surface area (Å²) in [6.45, 7) is 13.1. The monoisotopic (exact) mass is 263 g/mol. The van der Waals surface area contributed by atoms with Crippen LogP contribution in [0.3, 0.4) is 0 Å². The van der Waals surface area contributed by atoms with Gasteiger partial charge in [0.1, 0.15) is 0 Å². The fourth-order valence-corrected chi connectivity index (χ4v) is 4.04. The van der Waals surface area contributed by atoms with Gasteiger partial charge in [-0.15, -0.1) is 0 Å². The summed E-state index contributed by atoms with van der Waals surface area (Å²) in [5.41, 5.74) is -0.0286. The minimum absolute atomic E-state index is 0.0286. The molecule has 0 radical (unpaired) electrons. The molecule has 17 heavy (non-hydrogen) atoms. The number of hydrogen-bond donors (Lipinski definition) is 1. The van der Waals surface area contributed by atoms with Crippen LogP contribution in [0.4, 0.5) is 0 Å². The van der Waals surface area contributed by atoms with Crippen LogP contribution in [0.25, 0.3) is 0 Å². The van der Waals surface area contributed by atoms with Gasteiger partial charge in [0.2, 0.25) is 0 Å². The van der Waals surface area contributed by atoms with Crippen molar-refractivity contribution < 1.29 is 8.42 Å². The smallest absolute Gasteiger partial charge is 0.152 e. The number of rotatable bonds is 7. The fraction of sp³-hybridized carbons (Fsp3) is 1.00. The molecule has 0 aliphatic carbocycles. The Kier molecular flexibility index (Phi) is 6.70. The molecule has 0 spiro atoms. The first-order valence-corrected chi connectivity index (χ1v) is 8.34. The molecule has 0 aromatic rings. The van der Waals surface area contributed by atoms with Crippen LogP contribution in [0, 0.1) is 11.3 Å². The standard InChI is InChI=1S/C13H29NO2S/c1-7-8-14-12(13(4,5)6)10-17(15,16)9-11(2)3/h11-12,14H,7-10H2,1-6H3. The van der Waals surface area contributed by atoms with Crippen molar-refractivity contribution in [3.8, 4) is 0 Å². The van der Waals surface area contributed by atoms with Crippen molar-refractivity contribution in [1.29, 1.82) is 0 Å². The largest absolute Gasteiger partial charge is 0.312 e. The van der Waals surface area contributed by atoms with E-state index in [1.54, 1.807) is 0 Å². The highest BCUT2D eigenvalue weighted by Gasteiger charge is 2.29. The van der Waals surface area contributed by atoms with Gasteiger partial charge in [-0.2, -0.15) is 0 Å². The quantitative estimate of drug-likeness (QED) is 0.767. The zero-order valence-corrected chi connectivity index (χ0v) is 13.0. The zero-order chi connectivity index (χ0) is 13.7. The molecule has 0 aliphatic heterocycles. The van der Waals surface area contributed by atoms with Crippen molar-refractivity contribution in [3.05, 3.63) is 0 Å². The third-order valence-corrected chi connectivity index (χ3v) is 4.71. The van der Waals surface area contributed by atoms with E-state index < -0.39 is 9.84 Å². The Hall–Kier alpha value is -0.0900. The molecule has 0 rings (SSSR count). The fourth-order valence-electron chi connectivity index (χ4n) is 1.76. The summed E-state index contributed by atoms with van der Waals surface area (Å²) in [5.74, 6) is 0.731. The number of hydrogen-bond acceptors (Lipinski definition) is 3. The average molecular weight is 263 g/mol. The van der Waals surface area contributed by atoms with Gasteiger partial charge in [-0.25, -0.2) is 8.42 Å². The Labute approximate surface area is 107 Å². The van der Waals surface area contributed by atoms with Gasteiger partial charge >= 0.3 is 0 Å². The maximum Gasteiger partial charge on any atom is 0.152 e. The lowest BCUT2D eigenvalue weighted by atomic mass is 9.88. The minimum Gasteiger partial charge on any atom is -0.312 e. The number of nitrogens with one attached hydrogen (secondary N) is 1. The van der Waals surface area contributed by atoms with Crippen LogP contribution >= 0.6 is 0 Å². The average Bonchev–Trinajstić information content (AvgIpc) is 2.07. The van der Waals surface area contributed by atoms with Crippen LogP contribution in [0.15, 0.2) is 0 Å². The Morgan fingerprint density at radius 1 is 1.12 bits per heavy atom. The zero-order valence-electron chi connectivity index (χ0n) is 12.2. The molecule has 0 aliphatic rings. The second kappa shape index (κ2) is 6.74. The van der Waals surface area contributed by atoms with Crippen LogP contribution in [-0.2, 0) is 9.84 Å². The van der Waals surface area contributed by atoms with Gasteiger partial charge < -0.3 is 5.32 Å². The highest BCUT2D eigenvalue weighted by atomic mass is 32.2. The predicted octanol–water partition coefficient (Wildman–Crippen LogP) is 2.47. The molecule has 0 aromatic heterocycles. The van der Waals surface area contributed by atoms with Crippen LogP contribution in [0.2, 0.25) is 0 Å². The van der Waals surface area contributed by atoms with Crippen molar-refractivity contribution in [2.45, 2.75) is 54.0 Å². The lowest BCUT2D eigenvalue weighted by Crippen LogP contribution is -2.46. The van der Waals surface area contributed by atoms with E-state index in [2.05, 4.69) is 33.0 Å². The predicted molar refractivity (Wildman–Crippen MR) is 75.0 cm³/mol. The summed E-state index contributed by atoms with van der Waals surface area (Å²) in [5, 5.41) is 3.36. The van der Waals surface area contributed by atoms with Gasteiger partial charge in [0, 0.05) is 6.04 Å². The van der Waals surface area contributed by atoms with Crippen molar-refractivity contribution >= 4 is 9.84 Å². The lowest BCUT2D eigenvalue weighted by molar-refractivity contribution is 0.288. The molecule has 4 heteroatoms. The van der Waals surface area contributed by atoms with E-state index in [0.717, 1.165) is 13.0 Å². The molecule has 3 nitrogen and oxygen atoms in total. The van der Waals surface area contributed by atoms with Gasteiger partial charge in [0.15, 0.2) is 9.84 Å². The molecule has 0 heterocycles. The molecular formula is C13H29NO2S. The normalized spacial score (nSPS) is 15.2. The van der Waals surface area contributed by atoms with E-state index in [0.29, 0.717) is 0 Å². The molecule has 1 atom stereocenters. The molecule has 0 saturated carbocycles. The van der Waals surface area contributed by atoms with E-state index in [1.807, 2.05) is 13.8 Å². The maximum atomic E-state index is 12.0. The molecule has 0 aromatic carbocycles. The van der Waals surface area contributed by atoms with E-state index in [9.17, 15) is 8.42 Å². The third-order valence-electron chi connectivity index (χ3n) is 2.69. The molecule has 1 N–H and O–H groups in total. The summed E-state index contributed by atoms with van der Waals surface area (Å²) in [6.07, 6.45) is 1.02. The van der Waals surface area contributed by atoms with Crippen molar-refractivity contribution in [2.75, 3.05) is 18.1 Å². The van der Waals surface area contributed by atoms with Gasteiger partial charge in [-0.1, -0.05) is 41.5 Å². The van der Waals surface area contributed by atoms with Crippen molar-refractivity contribution in [1.82, 2.24) is 5.32 Å². The summed E-state index contributed by atoms with van der Waals surface area (Å²) in [4.78, 5) is 0. The highest BCUT2D eigenvalue weighted by molar-refractivity contribution is 7.91. The van der Waals surface area contributed by atoms with E-state index in [1.165, 1.54) is 0 Å². The topological polar surface area (TPSA) is 46.2 Å². The van der Waals surface area contributed by atoms with Crippen LogP contribution in [0.1, 0.15) is 48.0 Å². The van der Waals surface area contributed by atoms with E-state index in [-0.39, 0.29) is 28.9 Å². The van der Waals surface area contributed by atoms with E-state index >= 15 is 0 Å². The highest BCUT2D eigenvalue weighted by Crippen LogP contribution is 2.21. The van der Waals surface area contributed by atoms with Crippen molar-refractivity contribution in [2.24, 2.45) is 11.3 Å². The maximum absolute atomic E-state index is 12.0. The summed E-state index contributed by atoms with van der Waals surface area (Å²) in [7, 11) is -2.96. The molecule has 104 valence electrons. The summed E-state index contributed by atoms with van der Waals surface area (Å²) < 4.78 is 24.0. The SMILES string of the molecule is CCCNC(CS(=O)(=O)CC(C)C)C(C)(C)C. The van der Waals surface area contributed by atoms with Gasteiger partial charge in [-0.3, -0.25) is 0 Å². The van der Waals surface area contributed by atoms with Gasteiger partial charge in [-0.05, 0) is 24.3 Å². The first-order valence-electron chi connectivity index (χ1n) is 6.52. The van der Waals surface area contributed by atoms with Gasteiger partial charge in [0.25, 0.3) is 0 Å². The third kappa shape index (κ3) is 7.77. The second-order valence-corrected chi connectivity index (χ2v) is 8.50. The molecule has 1 unspecified atom stereocenters. The molecule has 0 amide bonds. The molecule has 0 fully saturated rings.